The van der Waals surface area contributed by atoms with Crippen molar-refractivity contribution in [3.8, 4) is 11.5 Å². The van der Waals surface area contributed by atoms with Crippen LogP contribution in [0.4, 0.5) is 0 Å². The molecule has 4 aromatic carbocycles. The predicted octanol–water partition coefficient (Wildman–Crippen LogP) is 8.70. The van der Waals surface area contributed by atoms with Crippen molar-refractivity contribution < 1.29 is 4.74 Å². The van der Waals surface area contributed by atoms with Crippen LogP contribution in [0.3, 0.4) is 0 Å². The van der Waals surface area contributed by atoms with Gasteiger partial charge in [-0.2, -0.15) is 0 Å². The van der Waals surface area contributed by atoms with Gasteiger partial charge in [0.2, 0.25) is 0 Å². The Morgan fingerprint density at radius 3 is 0.903 bits per heavy atom. The maximum absolute atomic E-state index is 5.69. The van der Waals surface area contributed by atoms with Crippen molar-refractivity contribution in [2.24, 2.45) is 0 Å². The van der Waals surface area contributed by atoms with E-state index in [1.165, 1.54) is 33.4 Å². The van der Waals surface area contributed by atoms with Crippen LogP contribution in [0.5, 0.6) is 11.5 Å². The van der Waals surface area contributed by atoms with Crippen LogP contribution >= 0.6 is 0 Å². The Bertz CT molecular complexity index is 945. The molecule has 1 heteroatoms. The fourth-order valence-electron chi connectivity index (χ4n) is 2.79. The lowest BCUT2D eigenvalue weighted by atomic mass is 10.2. The molecule has 0 bridgehead atoms. The molecule has 1 nitrogen and oxygen atoms in total. The molecule has 0 aliphatic heterocycles. The van der Waals surface area contributed by atoms with Crippen LogP contribution < -0.4 is 4.74 Å². The lowest BCUT2D eigenvalue weighted by Gasteiger charge is -2.05. The van der Waals surface area contributed by atoms with Crippen LogP contribution in [-0.4, -0.2) is 0 Å². The molecular weight excluding hydrogens is 376 g/mol. The van der Waals surface area contributed by atoms with E-state index in [2.05, 4.69) is 90.1 Å². The summed E-state index contributed by atoms with van der Waals surface area (Å²) in [6.07, 6.45) is 0. The SMILES string of the molecule is Cc1ccc(C)cc1.Cc1ccc(Oc2ccc(C)cc2)cc1.Cc1cccc(C)c1. The van der Waals surface area contributed by atoms with Gasteiger partial charge < -0.3 is 4.74 Å². The standard InChI is InChI=1S/C14H14O.2C8H10/c1-11-3-7-13(8-4-11)15-14-9-5-12(2)6-10-14;1-7-3-5-8(2)6-4-7;1-7-4-3-5-8(2)6-7/h3-10H,1-2H3;2*3-6H,1-2H3. The molecule has 0 amide bonds. The normalized spacial score (nSPS) is 9.61. The maximum atomic E-state index is 5.69. The number of benzene rings is 4. The maximum Gasteiger partial charge on any atom is 0.127 e. The van der Waals surface area contributed by atoms with Crippen LogP contribution in [0, 0.1) is 41.5 Å². The first-order chi connectivity index (χ1) is 14.8. The Kier molecular flexibility index (Phi) is 9.58. The first-order valence-electron chi connectivity index (χ1n) is 10.7. The zero-order valence-electron chi connectivity index (χ0n) is 19.6. The minimum atomic E-state index is 0.879. The molecule has 0 aliphatic rings. The van der Waals surface area contributed by atoms with E-state index < -0.39 is 0 Å². The van der Waals surface area contributed by atoms with E-state index in [1.54, 1.807) is 0 Å². The molecule has 0 fully saturated rings. The lowest BCUT2D eigenvalue weighted by molar-refractivity contribution is 0.482. The quantitative estimate of drug-likeness (QED) is 0.321. The second-order valence-corrected chi connectivity index (χ2v) is 8.04. The highest BCUT2D eigenvalue weighted by atomic mass is 16.5. The molecule has 0 spiro atoms. The van der Waals surface area contributed by atoms with Crippen LogP contribution in [0.25, 0.3) is 0 Å². The molecule has 4 rings (SSSR count). The first kappa shape index (κ1) is 24.0. The summed E-state index contributed by atoms with van der Waals surface area (Å²) in [6.45, 7) is 12.5. The van der Waals surface area contributed by atoms with E-state index in [0.717, 1.165) is 11.5 Å². The largest absolute Gasteiger partial charge is 0.457 e. The number of rotatable bonds is 2. The zero-order chi connectivity index (χ0) is 22.6. The summed E-state index contributed by atoms with van der Waals surface area (Å²) in [6, 6.07) is 33.0. The Morgan fingerprint density at radius 2 is 0.645 bits per heavy atom. The molecule has 0 radical (unpaired) electrons. The molecule has 0 atom stereocenters. The second kappa shape index (κ2) is 12.4. The van der Waals surface area contributed by atoms with E-state index in [9.17, 15) is 0 Å². The molecule has 0 aromatic heterocycles. The Balaban J connectivity index is 0.000000181. The third kappa shape index (κ3) is 9.82. The zero-order valence-corrected chi connectivity index (χ0v) is 19.6. The van der Waals surface area contributed by atoms with Gasteiger partial charge in [0, 0.05) is 0 Å². The van der Waals surface area contributed by atoms with Gasteiger partial charge in [-0.05, 0) is 65.8 Å². The van der Waals surface area contributed by atoms with Crippen LogP contribution in [0.1, 0.15) is 33.4 Å². The molecule has 4 aromatic rings. The van der Waals surface area contributed by atoms with Gasteiger partial charge in [0.1, 0.15) is 11.5 Å². The smallest absolute Gasteiger partial charge is 0.127 e. The van der Waals surface area contributed by atoms with Crippen molar-refractivity contribution >= 4 is 0 Å². The van der Waals surface area contributed by atoms with Crippen molar-refractivity contribution in [3.05, 3.63) is 130 Å². The van der Waals surface area contributed by atoms with Crippen LogP contribution in [0.15, 0.2) is 97.1 Å². The summed E-state index contributed by atoms with van der Waals surface area (Å²) >= 11 is 0. The number of hydrogen-bond donors (Lipinski definition) is 0. The van der Waals surface area contributed by atoms with Gasteiger partial charge in [-0.25, -0.2) is 0 Å². The highest BCUT2D eigenvalue weighted by Crippen LogP contribution is 2.21. The molecule has 0 aliphatic carbocycles. The van der Waals surface area contributed by atoms with Crippen molar-refractivity contribution in [3.63, 3.8) is 0 Å². The Morgan fingerprint density at radius 1 is 0.355 bits per heavy atom. The van der Waals surface area contributed by atoms with Crippen LogP contribution in [-0.2, 0) is 0 Å². The summed E-state index contributed by atoms with van der Waals surface area (Å²) in [5, 5.41) is 0. The minimum absolute atomic E-state index is 0.879. The Labute approximate surface area is 188 Å². The predicted molar refractivity (Wildman–Crippen MR) is 134 cm³/mol. The molecule has 0 saturated heterocycles. The highest BCUT2D eigenvalue weighted by Gasteiger charge is 1.95. The average molecular weight is 411 g/mol. The molecule has 0 heterocycles. The summed E-state index contributed by atoms with van der Waals surface area (Å²) < 4.78 is 5.69. The van der Waals surface area contributed by atoms with Crippen molar-refractivity contribution in [2.45, 2.75) is 41.5 Å². The summed E-state index contributed by atoms with van der Waals surface area (Å²) in [7, 11) is 0. The summed E-state index contributed by atoms with van der Waals surface area (Å²) in [5.74, 6) is 1.76. The minimum Gasteiger partial charge on any atom is -0.457 e. The monoisotopic (exact) mass is 410 g/mol. The van der Waals surface area contributed by atoms with E-state index >= 15 is 0 Å². The van der Waals surface area contributed by atoms with E-state index in [-0.39, 0.29) is 0 Å². The molecule has 0 N–H and O–H groups in total. The summed E-state index contributed by atoms with van der Waals surface area (Å²) in [4.78, 5) is 0. The molecule has 0 unspecified atom stereocenters. The molecular formula is C30H34O. The van der Waals surface area contributed by atoms with Gasteiger partial charge in [0.05, 0.1) is 0 Å². The van der Waals surface area contributed by atoms with Gasteiger partial charge in [-0.1, -0.05) is 106 Å². The fourth-order valence-corrected chi connectivity index (χ4v) is 2.79. The fraction of sp³-hybridized carbons (Fsp3) is 0.200. The number of aryl methyl sites for hydroxylation is 6. The van der Waals surface area contributed by atoms with E-state index in [0.29, 0.717) is 0 Å². The molecule has 0 saturated carbocycles. The molecule has 160 valence electrons. The topological polar surface area (TPSA) is 9.23 Å². The van der Waals surface area contributed by atoms with Crippen molar-refractivity contribution in [2.75, 3.05) is 0 Å². The Hall–Kier alpha value is -3.32. The van der Waals surface area contributed by atoms with Crippen molar-refractivity contribution in [1.82, 2.24) is 0 Å². The third-order valence-electron chi connectivity index (χ3n) is 4.67. The van der Waals surface area contributed by atoms with Gasteiger partial charge in [0.25, 0.3) is 0 Å². The van der Waals surface area contributed by atoms with E-state index in [4.69, 9.17) is 4.74 Å². The van der Waals surface area contributed by atoms with Crippen LogP contribution in [0.2, 0.25) is 0 Å². The van der Waals surface area contributed by atoms with Gasteiger partial charge in [-0.3, -0.25) is 0 Å². The lowest BCUT2D eigenvalue weighted by Crippen LogP contribution is -1.84. The third-order valence-corrected chi connectivity index (χ3v) is 4.67. The highest BCUT2D eigenvalue weighted by molar-refractivity contribution is 5.34. The average Bonchev–Trinajstić information content (AvgIpc) is 2.74. The van der Waals surface area contributed by atoms with Gasteiger partial charge in [0.15, 0.2) is 0 Å². The first-order valence-corrected chi connectivity index (χ1v) is 10.7. The number of ether oxygens (including phenoxy) is 1. The van der Waals surface area contributed by atoms with Gasteiger partial charge >= 0.3 is 0 Å². The van der Waals surface area contributed by atoms with Gasteiger partial charge in [-0.15, -0.1) is 0 Å². The van der Waals surface area contributed by atoms with E-state index in [1.807, 2.05) is 48.5 Å². The molecule has 31 heavy (non-hydrogen) atoms. The summed E-state index contributed by atoms with van der Waals surface area (Å²) in [5.41, 5.74) is 7.82. The van der Waals surface area contributed by atoms with Crippen molar-refractivity contribution in [1.29, 1.82) is 0 Å². The second-order valence-electron chi connectivity index (χ2n) is 8.04. The number of hydrogen-bond acceptors (Lipinski definition) is 1.